The van der Waals surface area contributed by atoms with E-state index in [9.17, 15) is 0 Å². The van der Waals surface area contributed by atoms with Gasteiger partial charge in [0.1, 0.15) is 5.82 Å². The summed E-state index contributed by atoms with van der Waals surface area (Å²) in [4.78, 5) is 0. The zero-order valence-corrected chi connectivity index (χ0v) is 11.8. The van der Waals surface area contributed by atoms with E-state index in [0.717, 1.165) is 17.1 Å². The van der Waals surface area contributed by atoms with Crippen LogP contribution in [0, 0.1) is 6.92 Å². The van der Waals surface area contributed by atoms with E-state index >= 15 is 0 Å². The Bertz CT molecular complexity index is 533. The largest absolute Gasteiger partial charge is 0.365 e. The molecule has 0 unspecified atom stereocenters. The highest BCUT2D eigenvalue weighted by molar-refractivity contribution is 5.69. The highest BCUT2D eigenvalue weighted by Gasteiger charge is 2.18. The summed E-state index contributed by atoms with van der Waals surface area (Å²) in [6.45, 7) is 8.58. The van der Waals surface area contributed by atoms with E-state index in [4.69, 9.17) is 0 Å². The molecule has 18 heavy (non-hydrogen) atoms. The van der Waals surface area contributed by atoms with Crippen molar-refractivity contribution >= 4 is 5.82 Å². The van der Waals surface area contributed by atoms with Gasteiger partial charge in [-0.3, -0.25) is 4.68 Å². The summed E-state index contributed by atoms with van der Waals surface area (Å²) in [6, 6.07) is 10.3. The number of benzene rings is 1. The van der Waals surface area contributed by atoms with E-state index in [0.29, 0.717) is 0 Å². The maximum absolute atomic E-state index is 4.62. The summed E-state index contributed by atoms with van der Waals surface area (Å²) in [5.74, 6) is 1.08. The second-order valence-electron chi connectivity index (χ2n) is 5.69. The zero-order valence-electron chi connectivity index (χ0n) is 11.8. The van der Waals surface area contributed by atoms with Crippen molar-refractivity contribution in [1.82, 2.24) is 9.78 Å². The molecule has 1 aromatic carbocycles. The molecule has 0 aliphatic carbocycles. The first-order chi connectivity index (χ1) is 8.38. The second-order valence-corrected chi connectivity index (χ2v) is 5.69. The summed E-state index contributed by atoms with van der Waals surface area (Å²) in [5.41, 5.74) is 3.43. The van der Waals surface area contributed by atoms with Crippen LogP contribution >= 0.6 is 0 Å². The lowest BCUT2D eigenvalue weighted by atomic mass is 10.1. The molecule has 1 aromatic heterocycles. The second kappa shape index (κ2) is 4.48. The molecular weight excluding hydrogens is 222 g/mol. The summed E-state index contributed by atoms with van der Waals surface area (Å²) < 4.78 is 1.92. The molecule has 0 aliphatic heterocycles. The van der Waals surface area contributed by atoms with Crippen LogP contribution in [0.4, 0.5) is 5.82 Å². The van der Waals surface area contributed by atoms with Crippen molar-refractivity contribution in [3.05, 3.63) is 35.9 Å². The van der Waals surface area contributed by atoms with Crippen LogP contribution in [0.3, 0.4) is 0 Å². The molecule has 0 saturated carbocycles. The number of hydrogen-bond acceptors (Lipinski definition) is 2. The average molecular weight is 243 g/mol. The Morgan fingerprint density at radius 2 is 1.72 bits per heavy atom. The monoisotopic (exact) mass is 243 g/mol. The molecule has 1 heterocycles. The maximum atomic E-state index is 4.62. The number of aromatic nitrogens is 2. The summed E-state index contributed by atoms with van der Waals surface area (Å²) >= 11 is 0. The number of hydrogen-bond donors (Lipinski definition) is 1. The van der Waals surface area contributed by atoms with Gasteiger partial charge in [-0.2, -0.15) is 5.10 Å². The van der Waals surface area contributed by atoms with Crippen molar-refractivity contribution in [2.45, 2.75) is 33.2 Å². The van der Waals surface area contributed by atoms with Gasteiger partial charge >= 0.3 is 0 Å². The van der Waals surface area contributed by atoms with Crippen molar-refractivity contribution in [2.75, 3.05) is 5.32 Å². The topological polar surface area (TPSA) is 29.9 Å². The number of nitrogens with one attached hydrogen (secondary N) is 1. The van der Waals surface area contributed by atoms with Crippen LogP contribution < -0.4 is 5.32 Å². The molecule has 0 spiro atoms. The molecule has 3 heteroatoms. The van der Waals surface area contributed by atoms with Crippen molar-refractivity contribution < 1.29 is 0 Å². The highest BCUT2D eigenvalue weighted by atomic mass is 15.3. The van der Waals surface area contributed by atoms with E-state index < -0.39 is 0 Å². The van der Waals surface area contributed by atoms with Gasteiger partial charge in [-0.1, -0.05) is 30.3 Å². The number of nitrogens with zero attached hydrogens (tertiary/aromatic N) is 2. The van der Waals surface area contributed by atoms with Gasteiger partial charge < -0.3 is 5.32 Å². The SMILES string of the molecule is Cc1c(-c2ccccc2)nn(C)c1NC(C)(C)C. The Hall–Kier alpha value is -1.77. The third-order valence-electron chi connectivity index (χ3n) is 2.82. The molecule has 0 bridgehead atoms. The first-order valence-electron chi connectivity index (χ1n) is 6.26. The molecule has 0 saturated heterocycles. The quantitative estimate of drug-likeness (QED) is 0.873. The van der Waals surface area contributed by atoms with Gasteiger partial charge in [-0.05, 0) is 27.7 Å². The van der Waals surface area contributed by atoms with Crippen molar-refractivity contribution in [2.24, 2.45) is 7.05 Å². The fourth-order valence-corrected chi connectivity index (χ4v) is 2.03. The Kier molecular flexibility index (Phi) is 3.16. The average Bonchev–Trinajstić information content (AvgIpc) is 2.56. The van der Waals surface area contributed by atoms with Gasteiger partial charge in [0.15, 0.2) is 0 Å². The minimum Gasteiger partial charge on any atom is -0.365 e. The standard InChI is InChI=1S/C15H21N3/c1-11-13(12-9-7-6-8-10-12)17-18(5)14(11)16-15(2,3)4/h6-10,16H,1-5H3. The van der Waals surface area contributed by atoms with Crippen molar-refractivity contribution in [3.63, 3.8) is 0 Å². The van der Waals surface area contributed by atoms with Crippen LogP contribution in [0.25, 0.3) is 11.3 Å². The lowest BCUT2D eigenvalue weighted by Gasteiger charge is -2.22. The van der Waals surface area contributed by atoms with Crippen LogP contribution in [0.2, 0.25) is 0 Å². The molecule has 0 fully saturated rings. The van der Waals surface area contributed by atoms with Crippen LogP contribution in [0.5, 0.6) is 0 Å². The first kappa shape index (κ1) is 12.7. The molecule has 0 atom stereocenters. The van der Waals surface area contributed by atoms with Gasteiger partial charge in [0.25, 0.3) is 0 Å². The smallest absolute Gasteiger partial charge is 0.127 e. The zero-order chi connectivity index (χ0) is 13.3. The van der Waals surface area contributed by atoms with Crippen LogP contribution in [-0.2, 0) is 7.05 Å². The van der Waals surface area contributed by atoms with Crippen LogP contribution in [-0.4, -0.2) is 15.3 Å². The molecule has 0 radical (unpaired) electrons. The van der Waals surface area contributed by atoms with Crippen molar-refractivity contribution in [3.8, 4) is 11.3 Å². The molecule has 3 nitrogen and oxygen atoms in total. The maximum Gasteiger partial charge on any atom is 0.127 e. The highest BCUT2D eigenvalue weighted by Crippen LogP contribution is 2.28. The van der Waals surface area contributed by atoms with E-state index in [1.807, 2.05) is 29.9 Å². The van der Waals surface area contributed by atoms with E-state index in [-0.39, 0.29) is 5.54 Å². The van der Waals surface area contributed by atoms with Gasteiger partial charge in [0, 0.05) is 23.7 Å². The predicted molar refractivity (Wildman–Crippen MR) is 76.8 cm³/mol. The number of anilines is 1. The minimum atomic E-state index is 0.0342. The minimum absolute atomic E-state index is 0.0342. The van der Waals surface area contributed by atoms with Gasteiger partial charge in [0.2, 0.25) is 0 Å². The summed E-state index contributed by atoms with van der Waals surface area (Å²) in [5, 5.41) is 8.13. The lowest BCUT2D eigenvalue weighted by Crippen LogP contribution is -2.27. The normalized spacial score (nSPS) is 11.6. The third kappa shape index (κ3) is 2.55. The fourth-order valence-electron chi connectivity index (χ4n) is 2.03. The van der Waals surface area contributed by atoms with Gasteiger partial charge in [0.05, 0.1) is 5.69 Å². The van der Waals surface area contributed by atoms with Crippen LogP contribution in [0.15, 0.2) is 30.3 Å². The Morgan fingerprint density at radius 1 is 1.11 bits per heavy atom. The molecule has 0 amide bonds. The fraction of sp³-hybridized carbons (Fsp3) is 0.400. The Morgan fingerprint density at radius 3 is 2.28 bits per heavy atom. The molecule has 0 aliphatic rings. The number of rotatable bonds is 2. The van der Waals surface area contributed by atoms with E-state index in [1.54, 1.807) is 0 Å². The molecule has 2 rings (SSSR count). The molecule has 1 N–H and O–H groups in total. The van der Waals surface area contributed by atoms with Gasteiger partial charge in [-0.15, -0.1) is 0 Å². The van der Waals surface area contributed by atoms with E-state index in [1.165, 1.54) is 5.56 Å². The van der Waals surface area contributed by atoms with E-state index in [2.05, 4.69) is 50.2 Å². The molecule has 96 valence electrons. The Labute approximate surface area is 109 Å². The molecular formula is C15H21N3. The van der Waals surface area contributed by atoms with Crippen LogP contribution in [0.1, 0.15) is 26.3 Å². The lowest BCUT2D eigenvalue weighted by molar-refractivity contribution is 0.616. The first-order valence-corrected chi connectivity index (χ1v) is 6.26. The predicted octanol–water partition coefficient (Wildman–Crippen LogP) is 3.61. The molecule has 2 aromatic rings. The summed E-state index contributed by atoms with van der Waals surface area (Å²) in [7, 11) is 1.98. The summed E-state index contributed by atoms with van der Waals surface area (Å²) in [6.07, 6.45) is 0. The van der Waals surface area contributed by atoms with Gasteiger partial charge in [-0.25, -0.2) is 0 Å². The number of aryl methyl sites for hydroxylation is 1. The van der Waals surface area contributed by atoms with Crippen molar-refractivity contribution in [1.29, 1.82) is 0 Å². The third-order valence-corrected chi connectivity index (χ3v) is 2.82. The Balaban J connectivity index is 2.44.